The molecule has 1 aromatic heterocycles. The van der Waals surface area contributed by atoms with Crippen molar-refractivity contribution in [1.29, 1.82) is 0 Å². The maximum absolute atomic E-state index is 13.6. The molecular formula is C24H14F5NOS. The number of rotatable bonds is 4. The first-order chi connectivity index (χ1) is 15.2. The molecule has 1 heterocycles. The first-order valence-corrected chi connectivity index (χ1v) is 10.2. The molecule has 0 spiro atoms. The van der Waals surface area contributed by atoms with Crippen molar-refractivity contribution in [2.45, 2.75) is 10.5 Å². The molecule has 0 N–H and O–H groups in total. The Morgan fingerprint density at radius 1 is 0.750 bits per heavy atom. The van der Waals surface area contributed by atoms with Crippen LogP contribution in [0, 0.1) is 11.6 Å². The number of nitrogens with zero attached hydrogens (tertiary/aromatic N) is 1. The van der Waals surface area contributed by atoms with Crippen LogP contribution in [0.25, 0.3) is 22.4 Å². The molecule has 162 valence electrons. The molecule has 0 amide bonds. The smallest absolute Gasteiger partial charge is 0.270 e. The highest BCUT2D eigenvalue weighted by molar-refractivity contribution is 8.00. The lowest BCUT2D eigenvalue weighted by molar-refractivity contribution is -0.0329. The highest BCUT2D eigenvalue weighted by Crippen LogP contribution is 2.44. The first-order valence-electron chi connectivity index (χ1n) is 9.36. The SMILES string of the molecule is O=C(c1ccccc1)n1c(SC(F)(F)F)cc(-c2ccc(F)cc2)c1-c1ccc(F)cc1. The number of carbonyl (C=O) groups excluding carboxylic acids is 1. The van der Waals surface area contributed by atoms with Crippen molar-refractivity contribution in [3.63, 3.8) is 0 Å². The molecule has 0 aliphatic rings. The van der Waals surface area contributed by atoms with Gasteiger partial charge in [0.2, 0.25) is 0 Å². The highest BCUT2D eigenvalue weighted by Gasteiger charge is 2.34. The summed E-state index contributed by atoms with van der Waals surface area (Å²) >= 11 is -0.425. The lowest BCUT2D eigenvalue weighted by Crippen LogP contribution is -2.16. The highest BCUT2D eigenvalue weighted by atomic mass is 32.2. The Labute approximate surface area is 184 Å². The van der Waals surface area contributed by atoms with E-state index in [1.165, 1.54) is 54.6 Å². The Morgan fingerprint density at radius 2 is 1.28 bits per heavy atom. The fourth-order valence-electron chi connectivity index (χ4n) is 3.33. The largest absolute Gasteiger partial charge is 0.447 e. The van der Waals surface area contributed by atoms with Gasteiger partial charge in [-0.3, -0.25) is 9.36 Å². The van der Waals surface area contributed by atoms with Crippen LogP contribution in [0.5, 0.6) is 0 Å². The summed E-state index contributed by atoms with van der Waals surface area (Å²) in [4.78, 5) is 13.4. The minimum absolute atomic E-state index is 0.150. The Balaban J connectivity index is 2.02. The Hall–Kier alpha value is -3.39. The summed E-state index contributed by atoms with van der Waals surface area (Å²) in [7, 11) is 0. The summed E-state index contributed by atoms with van der Waals surface area (Å²) in [5.74, 6) is -1.72. The fraction of sp³-hybridized carbons (Fsp3) is 0.0417. The van der Waals surface area contributed by atoms with Crippen molar-refractivity contribution in [1.82, 2.24) is 4.57 Å². The number of hydrogen-bond acceptors (Lipinski definition) is 2. The van der Waals surface area contributed by atoms with Crippen molar-refractivity contribution in [3.05, 3.63) is 102 Å². The zero-order valence-corrected chi connectivity index (χ0v) is 17.1. The van der Waals surface area contributed by atoms with Crippen molar-refractivity contribution >= 4 is 17.7 Å². The molecule has 4 rings (SSSR count). The van der Waals surface area contributed by atoms with Gasteiger partial charge in [0.05, 0.1) is 10.7 Å². The molecule has 0 saturated heterocycles. The van der Waals surface area contributed by atoms with Gasteiger partial charge in [-0.1, -0.05) is 30.3 Å². The molecule has 0 unspecified atom stereocenters. The van der Waals surface area contributed by atoms with E-state index in [1.807, 2.05) is 0 Å². The van der Waals surface area contributed by atoms with E-state index >= 15 is 0 Å². The van der Waals surface area contributed by atoms with Crippen molar-refractivity contribution in [2.75, 3.05) is 0 Å². The van der Waals surface area contributed by atoms with E-state index in [4.69, 9.17) is 0 Å². The molecular weight excluding hydrogens is 445 g/mol. The van der Waals surface area contributed by atoms with Gasteiger partial charge in [0, 0.05) is 22.9 Å². The van der Waals surface area contributed by atoms with Crippen LogP contribution in [-0.2, 0) is 0 Å². The normalized spacial score (nSPS) is 11.5. The summed E-state index contributed by atoms with van der Waals surface area (Å²) < 4.78 is 68.1. The van der Waals surface area contributed by atoms with E-state index < -0.39 is 34.8 Å². The van der Waals surface area contributed by atoms with Gasteiger partial charge >= 0.3 is 5.51 Å². The molecule has 2 nitrogen and oxygen atoms in total. The second-order valence-electron chi connectivity index (χ2n) is 6.81. The van der Waals surface area contributed by atoms with E-state index in [9.17, 15) is 26.7 Å². The molecule has 32 heavy (non-hydrogen) atoms. The molecule has 0 atom stereocenters. The van der Waals surface area contributed by atoms with Gasteiger partial charge < -0.3 is 0 Å². The van der Waals surface area contributed by atoms with Gasteiger partial charge in [0.25, 0.3) is 5.91 Å². The first kappa shape index (κ1) is 21.8. The molecule has 3 aromatic carbocycles. The molecule has 0 saturated carbocycles. The van der Waals surface area contributed by atoms with E-state index in [0.29, 0.717) is 11.1 Å². The molecule has 4 aromatic rings. The average molecular weight is 459 g/mol. The predicted molar refractivity (Wildman–Crippen MR) is 113 cm³/mol. The molecule has 0 fully saturated rings. The maximum atomic E-state index is 13.6. The van der Waals surface area contributed by atoms with Crippen LogP contribution >= 0.6 is 11.8 Å². The van der Waals surface area contributed by atoms with Gasteiger partial charge in [-0.2, -0.15) is 13.2 Å². The number of halogens is 5. The van der Waals surface area contributed by atoms with Crippen molar-refractivity contribution in [2.24, 2.45) is 0 Å². The quantitative estimate of drug-likeness (QED) is 0.234. The van der Waals surface area contributed by atoms with E-state index in [2.05, 4.69) is 0 Å². The van der Waals surface area contributed by atoms with Crippen molar-refractivity contribution in [3.8, 4) is 22.4 Å². The van der Waals surface area contributed by atoms with Crippen LogP contribution < -0.4 is 0 Å². The van der Waals surface area contributed by atoms with Crippen LogP contribution in [0.3, 0.4) is 0 Å². The minimum atomic E-state index is -4.66. The second-order valence-corrected chi connectivity index (χ2v) is 7.90. The number of hydrogen-bond donors (Lipinski definition) is 0. The molecule has 0 aliphatic heterocycles. The Bertz CT molecular complexity index is 1250. The zero-order valence-electron chi connectivity index (χ0n) is 16.2. The van der Waals surface area contributed by atoms with Crippen LogP contribution in [0.4, 0.5) is 22.0 Å². The summed E-state index contributed by atoms with van der Waals surface area (Å²) in [6.07, 6.45) is 0. The predicted octanol–water partition coefficient (Wildman–Crippen LogP) is 7.40. The monoisotopic (exact) mass is 459 g/mol. The molecule has 0 bridgehead atoms. The minimum Gasteiger partial charge on any atom is -0.270 e. The Kier molecular flexibility index (Phi) is 5.88. The van der Waals surface area contributed by atoms with Gasteiger partial charge in [0.15, 0.2) is 0 Å². The molecule has 0 aliphatic carbocycles. The second kappa shape index (κ2) is 8.63. The Morgan fingerprint density at radius 3 is 1.81 bits per heavy atom. The van der Waals surface area contributed by atoms with Gasteiger partial charge in [-0.25, -0.2) is 8.78 Å². The number of alkyl halides is 3. The number of carbonyl (C=O) groups is 1. The zero-order chi connectivity index (χ0) is 22.9. The van der Waals surface area contributed by atoms with E-state index in [-0.39, 0.29) is 21.8 Å². The van der Waals surface area contributed by atoms with E-state index in [1.54, 1.807) is 18.2 Å². The lowest BCUT2D eigenvalue weighted by atomic mass is 10.0. The van der Waals surface area contributed by atoms with Crippen LogP contribution in [0.15, 0.2) is 90.0 Å². The molecule has 0 radical (unpaired) electrons. The maximum Gasteiger partial charge on any atom is 0.447 e. The van der Waals surface area contributed by atoms with Gasteiger partial charge in [-0.15, -0.1) is 0 Å². The molecule has 8 heteroatoms. The third-order valence-corrected chi connectivity index (χ3v) is 5.42. The number of aromatic nitrogens is 1. The van der Waals surface area contributed by atoms with Gasteiger partial charge in [0.1, 0.15) is 11.6 Å². The lowest BCUT2D eigenvalue weighted by Gasteiger charge is -2.14. The topological polar surface area (TPSA) is 22.0 Å². The third-order valence-electron chi connectivity index (χ3n) is 4.68. The van der Waals surface area contributed by atoms with Crippen molar-refractivity contribution < 1.29 is 26.7 Å². The van der Waals surface area contributed by atoms with Crippen LogP contribution in [0.1, 0.15) is 10.4 Å². The fourth-order valence-corrected chi connectivity index (χ4v) is 4.01. The summed E-state index contributed by atoms with van der Waals surface area (Å²) in [5, 5.41) is -0.356. The van der Waals surface area contributed by atoms with Crippen LogP contribution in [-0.4, -0.2) is 16.0 Å². The third kappa shape index (κ3) is 4.60. The van der Waals surface area contributed by atoms with Crippen LogP contribution in [0.2, 0.25) is 0 Å². The number of thioether (sulfide) groups is 1. The van der Waals surface area contributed by atoms with Gasteiger partial charge in [-0.05, 0) is 65.7 Å². The van der Waals surface area contributed by atoms with E-state index in [0.717, 1.165) is 16.7 Å². The summed E-state index contributed by atoms with van der Waals surface area (Å²) in [6.45, 7) is 0. The standard InChI is InChI=1S/C24H14F5NOS/c25-18-10-6-15(7-11-18)20-14-21(32-24(27,28)29)30(23(31)17-4-2-1-3-5-17)22(20)16-8-12-19(26)13-9-16/h1-14H. The summed E-state index contributed by atoms with van der Waals surface area (Å²) in [6, 6.07) is 19.4. The average Bonchev–Trinajstić information content (AvgIpc) is 3.12. The number of benzene rings is 3. The summed E-state index contributed by atoms with van der Waals surface area (Å²) in [5.41, 5.74) is -3.29.